The highest BCUT2D eigenvalue weighted by atomic mass is 32.2. The highest BCUT2D eigenvalue weighted by Crippen LogP contribution is 2.31. The average Bonchev–Trinajstić information content (AvgIpc) is 2.31. The first-order chi connectivity index (χ1) is 8.52. The number of carbonyl (C=O) groups is 1. The Morgan fingerprint density at radius 1 is 1.28 bits per heavy atom. The molecule has 1 saturated heterocycles. The predicted molar refractivity (Wildman–Crippen MR) is 71.4 cm³/mol. The fourth-order valence-corrected chi connectivity index (χ4v) is 4.39. The number of sulfone groups is 1. The van der Waals surface area contributed by atoms with E-state index in [0.717, 1.165) is 23.8 Å². The molecule has 2 unspecified atom stereocenters. The van der Waals surface area contributed by atoms with Crippen LogP contribution in [0.15, 0.2) is 24.3 Å². The van der Waals surface area contributed by atoms with E-state index in [4.69, 9.17) is 0 Å². The highest BCUT2D eigenvalue weighted by molar-refractivity contribution is 7.91. The molecule has 2 atom stereocenters. The van der Waals surface area contributed by atoms with Crippen molar-refractivity contribution in [3.05, 3.63) is 35.4 Å². The van der Waals surface area contributed by atoms with Gasteiger partial charge in [0.25, 0.3) is 0 Å². The Balaban J connectivity index is 2.23. The fourth-order valence-electron chi connectivity index (χ4n) is 2.59. The third kappa shape index (κ3) is 2.99. The van der Waals surface area contributed by atoms with Gasteiger partial charge < -0.3 is 4.79 Å². The van der Waals surface area contributed by atoms with Gasteiger partial charge in [0.1, 0.15) is 6.29 Å². The molecule has 1 aliphatic heterocycles. The van der Waals surface area contributed by atoms with Crippen LogP contribution in [0.25, 0.3) is 0 Å². The maximum Gasteiger partial charge on any atom is 0.150 e. The monoisotopic (exact) mass is 266 g/mol. The number of hydrogen-bond donors (Lipinski definition) is 0. The van der Waals surface area contributed by atoms with Crippen LogP contribution in [0.1, 0.15) is 29.9 Å². The molecule has 1 aromatic rings. The molecule has 1 aromatic carbocycles. The summed E-state index contributed by atoms with van der Waals surface area (Å²) in [5.41, 5.74) is 2.07. The van der Waals surface area contributed by atoms with Crippen LogP contribution in [-0.4, -0.2) is 26.2 Å². The second kappa shape index (κ2) is 5.22. The van der Waals surface area contributed by atoms with Crippen molar-refractivity contribution in [2.24, 2.45) is 5.92 Å². The molecule has 0 aromatic heterocycles. The van der Waals surface area contributed by atoms with Crippen molar-refractivity contribution in [1.29, 1.82) is 0 Å². The van der Waals surface area contributed by atoms with E-state index in [0.29, 0.717) is 6.42 Å². The summed E-state index contributed by atoms with van der Waals surface area (Å²) in [7, 11) is -2.96. The van der Waals surface area contributed by atoms with Gasteiger partial charge in [-0.1, -0.05) is 29.8 Å². The van der Waals surface area contributed by atoms with Gasteiger partial charge in [0, 0.05) is 5.92 Å². The van der Waals surface area contributed by atoms with Crippen molar-refractivity contribution < 1.29 is 13.2 Å². The number of benzene rings is 1. The normalized spacial score (nSPS) is 24.4. The van der Waals surface area contributed by atoms with E-state index in [-0.39, 0.29) is 23.3 Å². The van der Waals surface area contributed by atoms with E-state index in [1.807, 2.05) is 31.2 Å². The van der Waals surface area contributed by atoms with Crippen LogP contribution in [0, 0.1) is 12.8 Å². The molecule has 2 rings (SSSR count). The zero-order valence-corrected chi connectivity index (χ0v) is 11.3. The molecule has 4 heteroatoms. The van der Waals surface area contributed by atoms with Gasteiger partial charge in [-0.25, -0.2) is 8.42 Å². The van der Waals surface area contributed by atoms with Gasteiger partial charge >= 0.3 is 0 Å². The molecule has 0 aliphatic carbocycles. The molecule has 98 valence electrons. The molecular weight excluding hydrogens is 248 g/mol. The van der Waals surface area contributed by atoms with Crippen molar-refractivity contribution in [1.82, 2.24) is 0 Å². The van der Waals surface area contributed by atoms with Gasteiger partial charge in [0.2, 0.25) is 0 Å². The number of carbonyl (C=O) groups excluding carboxylic acids is 1. The van der Waals surface area contributed by atoms with Crippen molar-refractivity contribution in [2.45, 2.75) is 25.7 Å². The molecule has 0 N–H and O–H groups in total. The lowest BCUT2D eigenvalue weighted by Crippen LogP contribution is -2.30. The van der Waals surface area contributed by atoms with Crippen LogP contribution < -0.4 is 0 Å². The minimum atomic E-state index is -2.96. The van der Waals surface area contributed by atoms with Crippen LogP contribution in [-0.2, 0) is 14.6 Å². The quantitative estimate of drug-likeness (QED) is 0.787. The van der Waals surface area contributed by atoms with Crippen molar-refractivity contribution in [3.8, 4) is 0 Å². The minimum Gasteiger partial charge on any atom is -0.303 e. The Morgan fingerprint density at radius 3 is 2.50 bits per heavy atom. The summed E-state index contributed by atoms with van der Waals surface area (Å²) in [6.07, 6.45) is 2.38. The molecule has 1 aliphatic rings. The van der Waals surface area contributed by atoms with Gasteiger partial charge in [-0.3, -0.25) is 0 Å². The van der Waals surface area contributed by atoms with Gasteiger partial charge in [0.15, 0.2) is 9.84 Å². The molecule has 0 saturated carbocycles. The largest absolute Gasteiger partial charge is 0.303 e. The van der Waals surface area contributed by atoms with E-state index >= 15 is 0 Å². The van der Waals surface area contributed by atoms with E-state index in [2.05, 4.69) is 0 Å². The topological polar surface area (TPSA) is 51.2 Å². The highest BCUT2D eigenvalue weighted by Gasteiger charge is 2.31. The third-order valence-electron chi connectivity index (χ3n) is 3.61. The van der Waals surface area contributed by atoms with Gasteiger partial charge in [0.05, 0.1) is 11.5 Å². The minimum absolute atomic E-state index is 0.0658. The van der Waals surface area contributed by atoms with E-state index in [1.54, 1.807) is 0 Å². The Kier molecular flexibility index (Phi) is 3.85. The number of hydrogen-bond acceptors (Lipinski definition) is 3. The maximum absolute atomic E-state index is 11.7. The lowest BCUT2D eigenvalue weighted by atomic mass is 9.85. The van der Waals surface area contributed by atoms with E-state index < -0.39 is 9.84 Å². The maximum atomic E-state index is 11.7. The third-order valence-corrected chi connectivity index (χ3v) is 5.46. The summed E-state index contributed by atoms with van der Waals surface area (Å²) in [5.74, 6) is 0.0532. The van der Waals surface area contributed by atoms with Crippen molar-refractivity contribution >= 4 is 16.1 Å². The van der Waals surface area contributed by atoms with Crippen LogP contribution in [0.2, 0.25) is 0 Å². The zero-order chi connectivity index (χ0) is 13.2. The van der Waals surface area contributed by atoms with Crippen LogP contribution in [0.3, 0.4) is 0 Å². The fraction of sp³-hybridized carbons (Fsp3) is 0.500. The summed E-state index contributed by atoms with van der Waals surface area (Å²) in [6, 6.07) is 7.78. The van der Waals surface area contributed by atoms with Crippen LogP contribution in [0.4, 0.5) is 0 Å². The van der Waals surface area contributed by atoms with Crippen LogP contribution in [0.5, 0.6) is 0 Å². The van der Waals surface area contributed by atoms with E-state index in [9.17, 15) is 13.2 Å². The Labute approximate surface area is 108 Å². The van der Waals surface area contributed by atoms with Crippen LogP contribution >= 0.6 is 0 Å². The molecule has 0 spiro atoms. The first kappa shape index (κ1) is 13.3. The smallest absolute Gasteiger partial charge is 0.150 e. The first-order valence-electron chi connectivity index (χ1n) is 6.24. The zero-order valence-electron chi connectivity index (χ0n) is 10.5. The molecule has 1 heterocycles. The summed E-state index contributed by atoms with van der Waals surface area (Å²) in [5, 5.41) is 0. The SMILES string of the molecule is Cc1ccc(C(C=O)C2CCCS(=O)(=O)C2)cc1. The van der Waals surface area contributed by atoms with Gasteiger partial charge in [-0.15, -0.1) is 0 Å². The Bertz CT molecular complexity index is 516. The molecule has 1 fully saturated rings. The Morgan fingerprint density at radius 2 is 1.94 bits per heavy atom. The predicted octanol–water partition coefficient (Wildman–Crippen LogP) is 2.10. The molecule has 0 amide bonds. The molecule has 0 bridgehead atoms. The van der Waals surface area contributed by atoms with Gasteiger partial charge in [-0.2, -0.15) is 0 Å². The first-order valence-corrected chi connectivity index (χ1v) is 8.06. The second-order valence-corrected chi connectivity index (χ2v) is 7.32. The van der Waals surface area contributed by atoms with Crippen molar-refractivity contribution in [2.75, 3.05) is 11.5 Å². The number of aldehydes is 1. The summed E-state index contributed by atoms with van der Waals surface area (Å²) >= 11 is 0. The Hall–Kier alpha value is -1.16. The second-order valence-electron chi connectivity index (χ2n) is 5.09. The summed E-state index contributed by atoms with van der Waals surface area (Å²) < 4.78 is 23.3. The molecule has 0 radical (unpaired) electrons. The molecule has 3 nitrogen and oxygen atoms in total. The summed E-state index contributed by atoms with van der Waals surface area (Å²) in [6.45, 7) is 1.99. The van der Waals surface area contributed by atoms with Crippen molar-refractivity contribution in [3.63, 3.8) is 0 Å². The lowest BCUT2D eigenvalue weighted by Gasteiger charge is -2.26. The number of aryl methyl sites for hydroxylation is 1. The molecular formula is C14H18O3S. The summed E-state index contributed by atoms with van der Waals surface area (Å²) in [4.78, 5) is 11.3. The van der Waals surface area contributed by atoms with Gasteiger partial charge in [-0.05, 0) is 31.2 Å². The lowest BCUT2D eigenvalue weighted by molar-refractivity contribution is -0.110. The number of rotatable bonds is 3. The standard InChI is InChI=1S/C14H18O3S/c1-11-4-6-12(7-5-11)14(9-15)13-3-2-8-18(16,17)10-13/h4-7,9,13-14H,2-3,8,10H2,1H3. The van der Waals surface area contributed by atoms with E-state index in [1.165, 1.54) is 0 Å². The molecule has 18 heavy (non-hydrogen) atoms. The average molecular weight is 266 g/mol.